The van der Waals surface area contributed by atoms with Crippen molar-refractivity contribution in [1.82, 2.24) is 20.5 Å². The Kier molecular flexibility index (Phi) is 5.81. The molecule has 2 aromatic carbocycles. The molecule has 3 aliphatic heterocycles. The van der Waals surface area contributed by atoms with E-state index in [1.165, 1.54) is 11.8 Å². The molecule has 4 heterocycles. The van der Waals surface area contributed by atoms with Crippen molar-refractivity contribution in [1.29, 1.82) is 0 Å². The number of amides is 3. The van der Waals surface area contributed by atoms with Crippen molar-refractivity contribution in [2.45, 2.75) is 35.7 Å². The zero-order chi connectivity index (χ0) is 24.8. The molecule has 3 atom stereocenters. The minimum atomic E-state index is -0.437. The highest BCUT2D eigenvalue weighted by Gasteiger charge is 2.48. The molecule has 36 heavy (non-hydrogen) atoms. The molecule has 8 nitrogen and oxygen atoms in total. The van der Waals surface area contributed by atoms with Crippen LogP contribution in [-0.2, 0) is 4.79 Å². The molecule has 9 heteroatoms. The number of rotatable bonds is 5. The van der Waals surface area contributed by atoms with Gasteiger partial charge in [-0.05, 0) is 61.9 Å². The first-order chi connectivity index (χ1) is 17.5. The van der Waals surface area contributed by atoms with E-state index >= 15 is 0 Å². The van der Waals surface area contributed by atoms with Crippen LogP contribution in [0.5, 0.6) is 11.5 Å². The first kappa shape index (κ1) is 22.9. The van der Waals surface area contributed by atoms with Crippen LogP contribution in [0.15, 0.2) is 65.8 Å². The number of urea groups is 1. The highest BCUT2D eigenvalue weighted by atomic mass is 32.2. The van der Waals surface area contributed by atoms with Gasteiger partial charge >= 0.3 is 6.03 Å². The average Bonchev–Trinajstić information content (AvgIpc) is 3.54. The number of carbonyl (C=O) groups excluding carboxylic acids is 2. The molecule has 6 rings (SSSR count). The summed E-state index contributed by atoms with van der Waals surface area (Å²) in [5.41, 5.74) is 3.33. The standard InChI is InChI=1S/C27H27N5O3S/c1-16-14-19(35-18-6-4-3-5-7-18)8-9-20(16)32-21-11-13-29-25-22(21)23(30-27(32)34)24(36-25)26(33)31(2)17-10-12-28-15-17/h3-9,11,13-14,17,23-24,28H,10,12,15H2,1-2H3,(H,30,34)/t17?,23?,24-/m1/s1. The van der Waals surface area contributed by atoms with E-state index in [-0.39, 0.29) is 18.0 Å². The Hall–Kier alpha value is -3.56. The summed E-state index contributed by atoms with van der Waals surface area (Å²) < 4.78 is 5.97. The number of para-hydroxylation sites is 1. The van der Waals surface area contributed by atoms with Gasteiger partial charge in [-0.15, -0.1) is 0 Å². The molecule has 2 N–H and O–H groups in total. The van der Waals surface area contributed by atoms with E-state index in [4.69, 9.17) is 4.74 Å². The van der Waals surface area contributed by atoms with Gasteiger partial charge in [0.25, 0.3) is 0 Å². The number of benzene rings is 2. The maximum atomic E-state index is 13.5. The van der Waals surface area contributed by atoms with Crippen LogP contribution in [0.4, 0.5) is 16.2 Å². The lowest BCUT2D eigenvalue weighted by Crippen LogP contribution is -2.50. The Balaban J connectivity index is 1.30. The molecule has 0 radical (unpaired) electrons. The molecule has 184 valence electrons. The van der Waals surface area contributed by atoms with E-state index in [1.54, 1.807) is 11.1 Å². The Morgan fingerprint density at radius 3 is 2.72 bits per heavy atom. The van der Waals surface area contributed by atoms with Crippen LogP contribution in [0.2, 0.25) is 0 Å². The Morgan fingerprint density at radius 1 is 1.14 bits per heavy atom. The van der Waals surface area contributed by atoms with Gasteiger partial charge in [0.2, 0.25) is 5.91 Å². The van der Waals surface area contributed by atoms with Crippen molar-refractivity contribution in [3.63, 3.8) is 0 Å². The van der Waals surface area contributed by atoms with Gasteiger partial charge in [0, 0.05) is 31.4 Å². The topological polar surface area (TPSA) is 86.8 Å². The fraction of sp³-hybridized carbons (Fsp3) is 0.296. The highest BCUT2D eigenvalue weighted by molar-refractivity contribution is 8.01. The molecule has 0 saturated carbocycles. The van der Waals surface area contributed by atoms with Crippen LogP contribution in [0.3, 0.4) is 0 Å². The summed E-state index contributed by atoms with van der Waals surface area (Å²) in [6.45, 7) is 3.67. The van der Waals surface area contributed by atoms with Gasteiger partial charge in [-0.3, -0.25) is 9.69 Å². The SMILES string of the molecule is Cc1cc(Oc2ccccc2)ccc1N1C(=O)NC2c3c1ccnc3S[C@H]2C(=O)N(C)C1CCNC1. The number of hydrogen-bond donors (Lipinski definition) is 2. The summed E-state index contributed by atoms with van der Waals surface area (Å²) in [5.74, 6) is 1.47. The van der Waals surface area contributed by atoms with Gasteiger partial charge in [0.1, 0.15) is 21.8 Å². The molecular formula is C27H27N5O3S. The van der Waals surface area contributed by atoms with Crippen molar-refractivity contribution in [3.8, 4) is 11.5 Å². The largest absolute Gasteiger partial charge is 0.457 e. The second-order valence-electron chi connectivity index (χ2n) is 9.31. The second-order valence-corrected chi connectivity index (χ2v) is 10.4. The lowest BCUT2D eigenvalue weighted by molar-refractivity contribution is -0.131. The molecule has 0 bridgehead atoms. The Bertz CT molecular complexity index is 1330. The smallest absolute Gasteiger partial charge is 0.327 e. The fourth-order valence-electron chi connectivity index (χ4n) is 5.17. The van der Waals surface area contributed by atoms with Crippen molar-refractivity contribution in [2.75, 3.05) is 25.0 Å². The van der Waals surface area contributed by atoms with E-state index in [0.29, 0.717) is 5.75 Å². The van der Waals surface area contributed by atoms with E-state index in [2.05, 4.69) is 15.6 Å². The van der Waals surface area contributed by atoms with Crippen molar-refractivity contribution in [2.24, 2.45) is 0 Å². The summed E-state index contributed by atoms with van der Waals surface area (Å²) >= 11 is 1.44. The molecule has 1 fully saturated rings. The van der Waals surface area contributed by atoms with Gasteiger partial charge in [-0.1, -0.05) is 30.0 Å². The van der Waals surface area contributed by atoms with E-state index in [9.17, 15) is 9.59 Å². The molecule has 3 amide bonds. The maximum Gasteiger partial charge on any atom is 0.327 e. The summed E-state index contributed by atoms with van der Waals surface area (Å²) in [6, 6.07) is 16.6. The van der Waals surface area contributed by atoms with Crippen molar-refractivity contribution in [3.05, 3.63) is 71.9 Å². The zero-order valence-corrected chi connectivity index (χ0v) is 20.9. The first-order valence-corrected chi connectivity index (χ1v) is 13.0. The average molecular weight is 502 g/mol. The highest BCUT2D eigenvalue weighted by Crippen LogP contribution is 2.51. The summed E-state index contributed by atoms with van der Waals surface area (Å²) in [7, 11) is 1.86. The molecule has 2 unspecified atom stereocenters. The monoisotopic (exact) mass is 501 g/mol. The summed E-state index contributed by atoms with van der Waals surface area (Å²) in [4.78, 5) is 35.0. The zero-order valence-electron chi connectivity index (χ0n) is 20.1. The van der Waals surface area contributed by atoms with E-state index < -0.39 is 11.3 Å². The summed E-state index contributed by atoms with van der Waals surface area (Å²) in [6.07, 6.45) is 2.65. The predicted molar refractivity (Wildman–Crippen MR) is 139 cm³/mol. The third kappa shape index (κ3) is 3.88. The molecule has 3 aliphatic rings. The number of hydrogen-bond acceptors (Lipinski definition) is 6. The number of likely N-dealkylation sites (N-methyl/N-ethyl adjacent to an activating group) is 1. The number of ether oxygens (including phenoxy) is 1. The number of pyridine rings is 1. The van der Waals surface area contributed by atoms with Crippen LogP contribution in [-0.4, -0.2) is 53.3 Å². The lowest BCUT2D eigenvalue weighted by atomic mass is 9.99. The van der Waals surface area contributed by atoms with Gasteiger partial charge in [0.15, 0.2) is 0 Å². The molecule has 0 spiro atoms. The number of nitrogens with one attached hydrogen (secondary N) is 2. The lowest BCUT2D eigenvalue weighted by Gasteiger charge is -2.36. The van der Waals surface area contributed by atoms with Gasteiger partial charge < -0.3 is 20.3 Å². The minimum Gasteiger partial charge on any atom is -0.457 e. The molecule has 3 aromatic rings. The predicted octanol–water partition coefficient (Wildman–Crippen LogP) is 4.38. The Labute approximate surface area is 214 Å². The minimum absolute atomic E-state index is 0.0231. The number of aryl methyl sites for hydroxylation is 1. The normalized spacial score (nSPS) is 22.2. The van der Waals surface area contributed by atoms with Crippen LogP contribution < -0.4 is 20.3 Å². The number of thioether (sulfide) groups is 1. The molecular weight excluding hydrogens is 474 g/mol. The summed E-state index contributed by atoms with van der Waals surface area (Å²) in [5, 5.41) is 6.78. The number of anilines is 2. The third-order valence-corrected chi connectivity index (χ3v) is 8.34. The van der Waals surface area contributed by atoms with Crippen molar-refractivity contribution >= 4 is 35.1 Å². The van der Waals surface area contributed by atoms with Crippen LogP contribution >= 0.6 is 11.8 Å². The van der Waals surface area contributed by atoms with Crippen LogP contribution in [0.1, 0.15) is 23.6 Å². The molecule has 0 aliphatic carbocycles. The Morgan fingerprint density at radius 2 is 1.97 bits per heavy atom. The number of aromatic nitrogens is 1. The molecule has 1 aromatic heterocycles. The van der Waals surface area contributed by atoms with E-state index in [1.807, 2.05) is 73.5 Å². The maximum absolute atomic E-state index is 13.5. The van der Waals surface area contributed by atoms with E-state index in [0.717, 1.165) is 52.8 Å². The van der Waals surface area contributed by atoms with Crippen LogP contribution in [0.25, 0.3) is 0 Å². The molecule has 1 saturated heterocycles. The van der Waals surface area contributed by atoms with Gasteiger partial charge in [0.05, 0.1) is 17.4 Å². The second kappa shape index (κ2) is 9.15. The fourth-order valence-corrected chi connectivity index (χ4v) is 6.50. The van der Waals surface area contributed by atoms with Gasteiger partial charge in [-0.25, -0.2) is 9.78 Å². The first-order valence-electron chi connectivity index (χ1n) is 12.1. The quantitative estimate of drug-likeness (QED) is 0.540. The van der Waals surface area contributed by atoms with Crippen LogP contribution in [0, 0.1) is 6.92 Å². The number of nitrogens with zero attached hydrogens (tertiary/aromatic N) is 3. The third-order valence-electron chi connectivity index (χ3n) is 7.07. The number of carbonyl (C=O) groups is 2. The van der Waals surface area contributed by atoms with Crippen molar-refractivity contribution < 1.29 is 14.3 Å². The van der Waals surface area contributed by atoms with Gasteiger partial charge in [-0.2, -0.15) is 0 Å².